The van der Waals surface area contributed by atoms with E-state index in [1.54, 1.807) is 6.07 Å². The predicted octanol–water partition coefficient (Wildman–Crippen LogP) is 3.94. The molecule has 1 aliphatic rings. The Morgan fingerprint density at radius 1 is 1.17 bits per heavy atom. The quantitative estimate of drug-likeness (QED) is 0.758. The van der Waals surface area contributed by atoms with Crippen LogP contribution >= 0.6 is 0 Å². The van der Waals surface area contributed by atoms with Gasteiger partial charge >= 0.3 is 0 Å². The third kappa shape index (κ3) is 3.82. The lowest BCUT2D eigenvalue weighted by atomic mass is 10.1. The maximum absolute atomic E-state index is 13.2. The third-order valence-corrected chi connectivity index (χ3v) is 3.37. The molecule has 0 amide bonds. The second-order valence-corrected chi connectivity index (χ2v) is 4.88. The molecular formula is C15H18FNO. The first-order valence-corrected chi connectivity index (χ1v) is 6.59. The van der Waals surface area contributed by atoms with Crippen LogP contribution in [0.3, 0.4) is 0 Å². The molecule has 0 radical (unpaired) electrons. The van der Waals surface area contributed by atoms with Gasteiger partial charge in [-0.1, -0.05) is 25.7 Å². The average molecular weight is 247 g/mol. The zero-order valence-electron chi connectivity index (χ0n) is 10.5. The number of nitrogens with zero attached hydrogens (tertiary/aromatic N) is 1. The van der Waals surface area contributed by atoms with Gasteiger partial charge in [-0.05, 0) is 36.6 Å². The van der Waals surface area contributed by atoms with Crippen LogP contribution in [0.25, 0.3) is 0 Å². The Morgan fingerprint density at radius 2 is 1.89 bits per heavy atom. The largest absolute Gasteiger partial charge is 0.374 e. The minimum atomic E-state index is -0.367. The lowest BCUT2D eigenvalue weighted by Gasteiger charge is -2.15. The van der Waals surface area contributed by atoms with Gasteiger partial charge in [0.25, 0.3) is 0 Å². The van der Waals surface area contributed by atoms with E-state index in [1.165, 1.54) is 37.8 Å². The van der Waals surface area contributed by atoms with Crippen LogP contribution < -0.4 is 0 Å². The summed E-state index contributed by atoms with van der Waals surface area (Å²) in [4.78, 5) is 0. The number of rotatable bonds is 3. The van der Waals surface area contributed by atoms with E-state index in [9.17, 15) is 4.39 Å². The fourth-order valence-electron chi connectivity index (χ4n) is 2.42. The topological polar surface area (TPSA) is 33.0 Å². The molecule has 0 N–H and O–H groups in total. The summed E-state index contributed by atoms with van der Waals surface area (Å²) in [5.74, 6) is -0.367. The highest BCUT2D eigenvalue weighted by Crippen LogP contribution is 2.21. The van der Waals surface area contributed by atoms with Gasteiger partial charge in [-0.25, -0.2) is 4.39 Å². The first-order valence-electron chi connectivity index (χ1n) is 6.59. The Morgan fingerprint density at radius 3 is 2.56 bits per heavy atom. The lowest BCUT2D eigenvalue weighted by molar-refractivity contribution is 0.0308. The molecule has 1 saturated carbocycles. The zero-order valence-corrected chi connectivity index (χ0v) is 10.5. The highest BCUT2D eigenvalue weighted by Gasteiger charge is 2.12. The monoisotopic (exact) mass is 247 g/mol. The number of benzene rings is 1. The molecule has 2 rings (SSSR count). The van der Waals surface area contributed by atoms with E-state index in [2.05, 4.69) is 0 Å². The number of nitriles is 1. The van der Waals surface area contributed by atoms with Crippen LogP contribution in [0.2, 0.25) is 0 Å². The maximum atomic E-state index is 13.2. The van der Waals surface area contributed by atoms with Crippen LogP contribution in [-0.4, -0.2) is 6.10 Å². The Hall–Kier alpha value is -1.40. The van der Waals surface area contributed by atoms with Gasteiger partial charge in [0.2, 0.25) is 0 Å². The van der Waals surface area contributed by atoms with Crippen molar-refractivity contribution in [3.8, 4) is 6.07 Å². The Kier molecular flexibility index (Phi) is 4.72. The number of hydrogen-bond acceptors (Lipinski definition) is 2. The van der Waals surface area contributed by atoms with Crippen LogP contribution in [0.15, 0.2) is 18.2 Å². The van der Waals surface area contributed by atoms with E-state index in [4.69, 9.17) is 10.00 Å². The van der Waals surface area contributed by atoms with Crippen LogP contribution in [0.1, 0.15) is 49.7 Å². The fraction of sp³-hybridized carbons (Fsp3) is 0.533. The van der Waals surface area contributed by atoms with Gasteiger partial charge in [0, 0.05) is 0 Å². The Labute approximate surface area is 107 Å². The molecule has 1 fully saturated rings. The normalized spacial score (nSPS) is 17.1. The van der Waals surface area contributed by atoms with Crippen molar-refractivity contribution in [2.24, 2.45) is 0 Å². The molecule has 96 valence electrons. The van der Waals surface area contributed by atoms with Gasteiger partial charge < -0.3 is 4.74 Å². The minimum Gasteiger partial charge on any atom is -0.374 e. The second kappa shape index (κ2) is 6.51. The van der Waals surface area contributed by atoms with E-state index >= 15 is 0 Å². The van der Waals surface area contributed by atoms with Crippen LogP contribution in [0.4, 0.5) is 4.39 Å². The van der Waals surface area contributed by atoms with Crippen molar-refractivity contribution < 1.29 is 9.13 Å². The van der Waals surface area contributed by atoms with Crippen molar-refractivity contribution >= 4 is 0 Å². The van der Waals surface area contributed by atoms with E-state index in [0.717, 1.165) is 18.4 Å². The fourth-order valence-corrected chi connectivity index (χ4v) is 2.42. The van der Waals surface area contributed by atoms with Gasteiger partial charge in [0.05, 0.1) is 24.3 Å². The predicted molar refractivity (Wildman–Crippen MR) is 67.4 cm³/mol. The SMILES string of the molecule is N#Cc1cc(F)cc(COC2CCCCCC2)c1. The number of halogens is 1. The third-order valence-electron chi connectivity index (χ3n) is 3.37. The van der Waals surface area contributed by atoms with E-state index in [-0.39, 0.29) is 5.82 Å². The first kappa shape index (κ1) is 13.0. The van der Waals surface area contributed by atoms with Crippen molar-refractivity contribution in [2.45, 2.75) is 51.2 Å². The van der Waals surface area contributed by atoms with Crippen molar-refractivity contribution in [3.63, 3.8) is 0 Å². The average Bonchev–Trinajstić information content (AvgIpc) is 2.64. The van der Waals surface area contributed by atoms with Gasteiger partial charge in [-0.3, -0.25) is 0 Å². The summed E-state index contributed by atoms with van der Waals surface area (Å²) in [6.45, 7) is 0.400. The van der Waals surface area contributed by atoms with Crippen LogP contribution in [0, 0.1) is 17.1 Å². The van der Waals surface area contributed by atoms with Crippen LogP contribution in [-0.2, 0) is 11.3 Å². The summed E-state index contributed by atoms with van der Waals surface area (Å²) in [7, 11) is 0. The molecule has 1 aromatic rings. The molecule has 0 aliphatic heterocycles. The Balaban J connectivity index is 1.93. The van der Waals surface area contributed by atoms with E-state index in [1.807, 2.05) is 6.07 Å². The Bertz CT molecular complexity index is 431. The molecule has 3 heteroatoms. The van der Waals surface area contributed by atoms with Crippen molar-refractivity contribution in [1.29, 1.82) is 5.26 Å². The van der Waals surface area contributed by atoms with Crippen LogP contribution in [0.5, 0.6) is 0 Å². The standard InChI is InChI=1S/C15H18FNO/c16-14-8-12(10-17)7-13(9-14)11-18-15-5-3-1-2-4-6-15/h7-9,15H,1-6,11H2. The molecule has 18 heavy (non-hydrogen) atoms. The summed E-state index contributed by atoms with van der Waals surface area (Å²) >= 11 is 0. The molecule has 0 saturated heterocycles. The van der Waals surface area contributed by atoms with E-state index in [0.29, 0.717) is 18.3 Å². The minimum absolute atomic E-state index is 0.293. The molecule has 0 heterocycles. The summed E-state index contributed by atoms with van der Waals surface area (Å²) < 4.78 is 19.1. The lowest BCUT2D eigenvalue weighted by Crippen LogP contribution is -2.11. The van der Waals surface area contributed by atoms with Gasteiger partial charge in [-0.15, -0.1) is 0 Å². The zero-order chi connectivity index (χ0) is 12.8. The van der Waals surface area contributed by atoms with E-state index < -0.39 is 0 Å². The molecule has 0 aromatic heterocycles. The smallest absolute Gasteiger partial charge is 0.124 e. The van der Waals surface area contributed by atoms with Crippen molar-refractivity contribution in [3.05, 3.63) is 35.1 Å². The highest BCUT2D eigenvalue weighted by atomic mass is 19.1. The molecule has 1 aliphatic carbocycles. The molecule has 0 spiro atoms. The molecule has 1 aromatic carbocycles. The maximum Gasteiger partial charge on any atom is 0.124 e. The second-order valence-electron chi connectivity index (χ2n) is 4.88. The molecule has 0 atom stereocenters. The molecule has 2 nitrogen and oxygen atoms in total. The van der Waals surface area contributed by atoms with Crippen molar-refractivity contribution in [2.75, 3.05) is 0 Å². The van der Waals surface area contributed by atoms with Gasteiger partial charge in [0.15, 0.2) is 0 Å². The first-order chi connectivity index (χ1) is 8.78. The number of hydrogen-bond donors (Lipinski definition) is 0. The molecule has 0 bridgehead atoms. The highest BCUT2D eigenvalue weighted by molar-refractivity contribution is 5.33. The number of ether oxygens (including phenoxy) is 1. The molecular weight excluding hydrogens is 229 g/mol. The summed E-state index contributed by atoms with van der Waals surface area (Å²) in [6, 6.07) is 6.34. The molecule has 0 unspecified atom stereocenters. The summed E-state index contributed by atoms with van der Waals surface area (Å²) in [5, 5.41) is 8.78. The van der Waals surface area contributed by atoms with Gasteiger partial charge in [0.1, 0.15) is 5.82 Å². The van der Waals surface area contributed by atoms with Crippen molar-refractivity contribution in [1.82, 2.24) is 0 Å². The summed E-state index contributed by atoms with van der Waals surface area (Å²) in [6.07, 6.45) is 7.51. The van der Waals surface area contributed by atoms with Gasteiger partial charge in [-0.2, -0.15) is 5.26 Å². The summed E-state index contributed by atoms with van der Waals surface area (Å²) in [5.41, 5.74) is 1.10.